The number of rotatable bonds is 3. The summed E-state index contributed by atoms with van der Waals surface area (Å²) in [4.78, 5) is 10.8. The van der Waals surface area contributed by atoms with Gasteiger partial charge in [-0.3, -0.25) is 0 Å². The van der Waals surface area contributed by atoms with E-state index < -0.39 is 5.97 Å². The van der Waals surface area contributed by atoms with Gasteiger partial charge >= 0.3 is 5.97 Å². The second-order valence-electron chi connectivity index (χ2n) is 5.41. The number of nitrogens with two attached hydrogens (primary N) is 1. The Kier molecular flexibility index (Phi) is 3.06. The molecular formula is C14H18N2O3. The minimum atomic E-state index is -0.974. The summed E-state index contributed by atoms with van der Waals surface area (Å²) in [5.74, 6) is -0.380. The minimum absolute atomic E-state index is 0.178. The Hall–Kier alpha value is -1.75. The molecule has 1 aromatic rings. The van der Waals surface area contributed by atoms with Crippen LogP contribution in [-0.2, 0) is 0 Å². The smallest absolute Gasteiger partial charge is 0.335 e. The molecule has 4 N–H and O–H groups in total. The van der Waals surface area contributed by atoms with E-state index in [1.54, 1.807) is 6.07 Å². The molecule has 2 saturated heterocycles. The second kappa shape index (κ2) is 4.74. The van der Waals surface area contributed by atoms with Gasteiger partial charge in [0.15, 0.2) is 0 Å². The van der Waals surface area contributed by atoms with Crippen LogP contribution < -0.4 is 15.8 Å². The number of nitrogen functional groups attached to an aromatic ring is 1. The summed E-state index contributed by atoms with van der Waals surface area (Å²) in [6.45, 7) is 0. The number of nitrogens with one attached hydrogen (secondary N) is 1. The van der Waals surface area contributed by atoms with Gasteiger partial charge in [0.25, 0.3) is 0 Å². The molecule has 2 aliphatic rings. The number of fused-ring (bicyclic) bond motifs is 2. The molecule has 0 aliphatic carbocycles. The van der Waals surface area contributed by atoms with E-state index in [0.717, 1.165) is 12.8 Å². The lowest BCUT2D eigenvalue weighted by molar-refractivity contribution is 0.0697. The maximum absolute atomic E-state index is 10.8. The third-order valence-electron chi connectivity index (χ3n) is 3.98. The predicted octanol–water partition coefficient (Wildman–Crippen LogP) is 1.63. The highest BCUT2D eigenvalue weighted by molar-refractivity contribution is 5.89. The quantitative estimate of drug-likeness (QED) is 0.721. The fraction of sp³-hybridized carbons (Fsp3) is 0.500. The van der Waals surface area contributed by atoms with Crippen molar-refractivity contribution < 1.29 is 14.6 Å². The Bertz CT molecular complexity index is 491. The number of carboxylic acids is 1. The van der Waals surface area contributed by atoms with Crippen molar-refractivity contribution in [1.29, 1.82) is 0 Å². The van der Waals surface area contributed by atoms with Crippen molar-refractivity contribution in [3.05, 3.63) is 23.8 Å². The molecule has 0 saturated carbocycles. The van der Waals surface area contributed by atoms with Crippen molar-refractivity contribution in [3.8, 4) is 5.75 Å². The summed E-state index contributed by atoms with van der Waals surface area (Å²) in [6.07, 6.45) is 4.61. The molecule has 2 unspecified atom stereocenters. The molecule has 0 radical (unpaired) electrons. The van der Waals surface area contributed by atoms with Gasteiger partial charge in [-0.2, -0.15) is 0 Å². The van der Waals surface area contributed by atoms with Crippen molar-refractivity contribution in [2.24, 2.45) is 0 Å². The van der Waals surface area contributed by atoms with E-state index in [4.69, 9.17) is 15.6 Å². The normalized spacial score (nSPS) is 29.2. The van der Waals surface area contributed by atoms with Crippen molar-refractivity contribution in [2.75, 3.05) is 5.73 Å². The number of benzene rings is 1. The SMILES string of the molecule is Nc1cc(C(=O)O)ccc1OC1CC2CCC(C1)N2. The number of hydrogen-bond donors (Lipinski definition) is 3. The van der Waals surface area contributed by atoms with E-state index in [2.05, 4.69) is 5.32 Å². The number of carboxylic acid groups (broad SMARTS) is 1. The van der Waals surface area contributed by atoms with Gasteiger partial charge in [-0.15, -0.1) is 0 Å². The summed E-state index contributed by atoms with van der Waals surface area (Å²) in [7, 11) is 0. The molecule has 2 bridgehead atoms. The van der Waals surface area contributed by atoms with Crippen LogP contribution in [0.15, 0.2) is 18.2 Å². The number of hydrogen-bond acceptors (Lipinski definition) is 4. The third kappa shape index (κ3) is 2.51. The first-order valence-electron chi connectivity index (χ1n) is 6.67. The van der Waals surface area contributed by atoms with Crippen LogP contribution in [0.3, 0.4) is 0 Å². The van der Waals surface area contributed by atoms with Gasteiger partial charge in [-0.05, 0) is 43.9 Å². The fourth-order valence-corrected chi connectivity index (χ4v) is 3.07. The second-order valence-corrected chi connectivity index (χ2v) is 5.41. The maximum atomic E-state index is 10.8. The first-order valence-corrected chi connectivity index (χ1v) is 6.67. The zero-order valence-electron chi connectivity index (χ0n) is 10.6. The lowest BCUT2D eigenvalue weighted by Gasteiger charge is -2.29. The predicted molar refractivity (Wildman–Crippen MR) is 71.4 cm³/mol. The fourth-order valence-electron chi connectivity index (χ4n) is 3.07. The van der Waals surface area contributed by atoms with Crippen molar-refractivity contribution in [2.45, 2.75) is 43.9 Å². The summed E-state index contributed by atoms with van der Waals surface area (Å²) in [5.41, 5.74) is 6.44. The Morgan fingerprint density at radius 2 is 2.00 bits per heavy atom. The molecule has 19 heavy (non-hydrogen) atoms. The first kappa shape index (κ1) is 12.3. The summed E-state index contributed by atoms with van der Waals surface area (Å²) in [6, 6.07) is 5.76. The molecule has 0 spiro atoms. The molecular weight excluding hydrogens is 244 g/mol. The van der Waals surface area contributed by atoms with Crippen LogP contribution in [0.4, 0.5) is 5.69 Å². The zero-order chi connectivity index (χ0) is 13.4. The van der Waals surface area contributed by atoms with Crippen LogP contribution in [0.2, 0.25) is 0 Å². The summed E-state index contributed by atoms with van der Waals surface area (Å²) < 4.78 is 5.94. The molecule has 2 atom stereocenters. The Labute approximate surface area is 111 Å². The van der Waals surface area contributed by atoms with Crippen LogP contribution in [0, 0.1) is 0 Å². The van der Waals surface area contributed by atoms with Crippen LogP contribution >= 0.6 is 0 Å². The molecule has 2 heterocycles. The number of ether oxygens (including phenoxy) is 1. The van der Waals surface area contributed by atoms with Crippen molar-refractivity contribution >= 4 is 11.7 Å². The van der Waals surface area contributed by atoms with Crippen molar-refractivity contribution in [3.63, 3.8) is 0 Å². The Morgan fingerprint density at radius 1 is 1.32 bits per heavy atom. The molecule has 2 fully saturated rings. The number of aromatic carboxylic acids is 1. The maximum Gasteiger partial charge on any atom is 0.335 e. The number of piperidine rings is 1. The van der Waals surface area contributed by atoms with Crippen LogP contribution in [0.25, 0.3) is 0 Å². The topological polar surface area (TPSA) is 84.6 Å². The van der Waals surface area contributed by atoms with Gasteiger partial charge in [0.1, 0.15) is 11.9 Å². The highest BCUT2D eigenvalue weighted by Crippen LogP contribution is 2.31. The first-order chi connectivity index (χ1) is 9.11. The van der Waals surface area contributed by atoms with E-state index in [0.29, 0.717) is 23.5 Å². The number of carbonyl (C=O) groups is 1. The van der Waals surface area contributed by atoms with E-state index in [9.17, 15) is 4.79 Å². The molecule has 2 aliphatic heterocycles. The summed E-state index contributed by atoms with van der Waals surface area (Å²) >= 11 is 0. The Balaban J connectivity index is 1.71. The van der Waals surface area contributed by atoms with E-state index >= 15 is 0 Å². The molecule has 0 aromatic heterocycles. The van der Waals surface area contributed by atoms with E-state index in [1.807, 2.05) is 0 Å². The lowest BCUT2D eigenvalue weighted by atomic mass is 10.0. The molecule has 5 nitrogen and oxygen atoms in total. The van der Waals surface area contributed by atoms with Gasteiger partial charge in [-0.25, -0.2) is 4.79 Å². The highest BCUT2D eigenvalue weighted by atomic mass is 16.5. The standard InChI is InChI=1S/C14H18N2O3/c15-12-5-8(14(17)18)1-4-13(12)19-11-6-9-2-3-10(7-11)16-9/h1,4-5,9-11,16H,2-3,6-7,15H2,(H,17,18). The van der Waals surface area contributed by atoms with E-state index in [1.165, 1.54) is 25.0 Å². The Morgan fingerprint density at radius 3 is 2.58 bits per heavy atom. The molecule has 0 amide bonds. The average molecular weight is 262 g/mol. The summed E-state index contributed by atoms with van der Waals surface area (Å²) in [5, 5.41) is 12.5. The monoisotopic (exact) mass is 262 g/mol. The van der Waals surface area contributed by atoms with Crippen LogP contribution in [0.5, 0.6) is 5.75 Å². The number of anilines is 1. The van der Waals surface area contributed by atoms with Gasteiger partial charge in [0, 0.05) is 12.1 Å². The highest BCUT2D eigenvalue weighted by Gasteiger charge is 2.34. The average Bonchev–Trinajstić information content (AvgIpc) is 2.71. The lowest BCUT2D eigenvalue weighted by Crippen LogP contribution is -2.42. The van der Waals surface area contributed by atoms with Gasteiger partial charge < -0.3 is 20.9 Å². The van der Waals surface area contributed by atoms with Gasteiger partial charge in [-0.1, -0.05) is 0 Å². The third-order valence-corrected chi connectivity index (χ3v) is 3.98. The molecule has 102 valence electrons. The molecule has 5 heteroatoms. The van der Waals surface area contributed by atoms with Crippen LogP contribution in [0.1, 0.15) is 36.0 Å². The van der Waals surface area contributed by atoms with Crippen molar-refractivity contribution in [1.82, 2.24) is 5.32 Å². The molecule has 3 rings (SSSR count). The zero-order valence-corrected chi connectivity index (χ0v) is 10.6. The van der Waals surface area contributed by atoms with Crippen LogP contribution in [-0.4, -0.2) is 29.3 Å². The largest absolute Gasteiger partial charge is 0.488 e. The van der Waals surface area contributed by atoms with Gasteiger partial charge in [0.05, 0.1) is 11.3 Å². The van der Waals surface area contributed by atoms with Gasteiger partial charge in [0.2, 0.25) is 0 Å². The van der Waals surface area contributed by atoms with E-state index in [-0.39, 0.29) is 11.7 Å². The minimum Gasteiger partial charge on any atom is -0.488 e. The molecule has 1 aromatic carbocycles.